The molecule has 0 radical (unpaired) electrons. The van der Waals surface area contributed by atoms with E-state index in [0.717, 1.165) is 5.56 Å². The second-order valence-electron chi connectivity index (χ2n) is 5.52. The number of nitrogens with zero attached hydrogens (tertiary/aromatic N) is 2. The molecule has 134 valence electrons. The zero-order valence-electron chi connectivity index (χ0n) is 14.5. The van der Waals surface area contributed by atoms with Crippen LogP contribution in [0.3, 0.4) is 0 Å². The second-order valence-corrected chi connectivity index (χ2v) is 7.46. The van der Waals surface area contributed by atoms with Crippen molar-refractivity contribution in [2.24, 2.45) is 0 Å². The highest BCUT2D eigenvalue weighted by Crippen LogP contribution is 2.18. The van der Waals surface area contributed by atoms with E-state index >= 15 is 0 Å². The zero-order chi connectivity index (χ0) is 18.3. The van der Waals surface area contributed by atoms with Crippen molar-refractivity contribution in [2.45, 2.75) is 31.6 Å². The molecule has 0 unspecified atom stereocenters. The van der Waals surface area contributed by atoms with Crippen LogP contribution < -0.4 is 5.32 Å². The van der Waals surface area contributed by atoms with E-state index in [0.29, 0.717) is 31.6 Å². The molecule has 0 aliphatic heterocycles. The lowest BCUT2D eigenvalue weighted by Gasteiger charge is -2.18. The van der Waals surface area contributed by atoms with E-state index in [1.54, 1.807) is 38.4 Å². The van der Waals surface area contributed by atoms with Gasteiger partial charge in [-0.05, 0) is 42.3 Å². The number of nitrogens with one attached hydrogen (secondary N) is 1. The number of hydrogen-bond donors (Lipinski definition) is 1. The summed E-state index contributed by atoms with van der Waals surface area (Å²) in [4.78, 5) is 16.3. The predicted molar refractivity (Wildman–Crippen MR) is 97.7 cm³/mol. The van der Waals surface area contributed by atoms with E-state index in [9.17, 15) is 13.2 Å². The summed E-state index contributed by atoms with van der Waals surface area (Å²) in [5.41, 5.74) is 1.58. The van der Waals surface area contributed by atoms with Gasteiger partial charge in [0.25, 0.3) is 0 Å². The summed E-state index contributed by atoms with van der Waals surface area (Å²) in [7, 11) is -3.48. The normalized spacial score (nSPS) is 11.5. The minimum atomic E-state index is -3.48. The lowest BCUT2D eigenvalue weighted by atomic mass is 10.1. The SMILES string of the molecule is CCN(CC)S(=O)(=O)c1ccc(NC(=O)CCc2cccnc2)cc1. The number of carbonyl (C=O) groups excluding carboxylic acids is 1. The van der Waals surface area contributed by atoms with Crippen molar-refractivity contribution in [3.8, 4) is 0 Å². The molecule has 0 spiro atoms. The highest BCUT2D eigenvalue weighted by Gasteiger charge is 2.21. The van der Waals surface area contributed by atoms with E-state index < -0.39 is 10.0 Å². The first-order valence-electron chi connectivity index (χ1n) is 8.26. The molecular weight excluding hydrogens is 338 g/mol. The molecule has 1 N–H and O–H groups in total. The van der Waals surface area contributed by atoms with Crippen LogP contribution in [0.4, 0.5) is 5.69 Å². The van der Waals surface area contributed by atoms with Gasteiger partial charge in [-0.2, -0.15) is 4.31 Å². The van der Waals surface area contributed by atoms with Gasteiger partial charge in [-0.3, -0.25) is 9.78 Å². The fourth-order valence-electron chi connectivity index (χ4n) is 2.45. The van der Waals surface area contributed by atoms with Crippen LogP contribution in [-0.4, -0.2) is 36.7 Å². The Kier molecular flexibility index (Phi) is 6.66. The Morgan fingerprint density at radius 2 is 1.80 bits per heavy atom. The molecule has 2 rings (SSSR count). The number of carbonyl (C=O) groups is 1. The number of benzene rings is 1. The van der Waals surface area contributed by atoms with Crippen molar-refractivity contribution >= 4 is 21.6 Å². The summed E-state index contributed by atoms with van der Waals surface area (Å²) < 4.78 is 26.2. The monoisotopic (exact) mass is 361 g/mol. The Labute approximate surface area is 148 Å². The molecule has 0 bridgehead atoms. The molecule has 0 aliphatic rings. The molecule has 0 saturated carbocycles. The van der Waals surface area contributed by atoms with Crippen molar-refractivity contribution < 1.29 is 13.2 Å². The predicted octanol–water partition coefficient (Wildman–Crippen LogP) is 2.68. The number of anilines is 1. The average molecular weight is 361 g/mol. The molecule has 25 heavy (non-hydrogen) atoms. The van der Waals surface area contributed by atoms with Gasteiger partial charge in [0.05, 0.1) is 4.90 Å². The van der Waals surface area contributed by atoms with Gasteiger partial charge in [0, 0.05) is 37.6 Å². The summed E-state index contributed by atoms with van der Waals surface area (Å²) in [6.07, 6.45) is 4.37. The van der Waals surface area contributed by atoms with Gasteiger partial charge in [-0.1, -0.05) is 19.9 Å². The van der Waals surface area contributed by atoms with E-state index in [-0.39, 0.29) is 10.8 Å². The van der Waals surface area contributed by atoms with Crippen LogP contribution in [-0.2, 0) is 21.2 Å². The minimum absolute atomic E-state index is 0.122. The molecular formula is C18H23N3O3S. The number of pyridine rings is 1. The highest BCUT2D eigenvalue weighted by atomic mass is 32.2. The standard InChI is InChI=1S/C18H23N3O3S/c1-3-21(4-2)25(23,24)17-10-8-16(9-11-17)20-18(22)12-7-15-6-5-13-19-14-15/h5-6,8-11,13-14H,3-4,7,12H2,1-2H3,(H,20,22). The van der Waals surface area contributed by atoms with Crippen LogP contribution in [0.2, 0.25) is 0 Å². The Morgan fingerprint density at radius 3 is 2.36 bits per heavy atom. The number of sulfonamides is 1. The van der Waals surface area contributed by atoms with Crippen LogP contribution in [0.5, 0.6) is 0 Å². The first-order valence-corrected chi connectivity index (χ1v) is 9.70. The Balaban J connectivity index is 1.97. The minimum Gasteiger partial charge on any atom is -0.326 e. The van der Waals surface area contributed by atoms with Crippen LogP contribution in [0.15, 0.2) is 53.7 Å². The number of aryl methyl sites for hydroxylation is 1. The molecule has 1 aromatic carbocycles. The molecule has 2 aromatic rings. The Bertz CT molecular complexity index is 786. The fourth-order valence-corrected chi connectivity index (χ4v) is 3.91. The van der Waals surface area contributed by atoms with Crippen molar-refractivity contribution in [2.75, 3.05) is 18.4 Å². The van der Waals surface area contributed by atoms with Gasteiger partial charge in [0.15, 0.2) is 0 Å². The summed E-state index contributed by atoms with van der Waals surface area (Å²) >= 11 is 0. The molecule has 0 fully saturated rings. The average Bonchev–Trinajstić information content (AvgIpc) is 2.62. The maximum atomic E-state index is 12.4. The zero-order valence-corrected chi connectivity index (χ0v) is 15.3. The Hall–Kier alpha value is -2.25. The topological polar surface area (TPSA) is 79.4 Å². The quantitative estimate of drug-likeness (QED) is 0.784. The van der Waals surface area contributed by atoms with Crippen molar-refractivity contribution in [1.82, 2.24) is 9.29 Å². The van der Waals surface area contributed by atoms with Crippen LogP contribution >= 0.6 is 0 Å². The van der Waals surface area contributed by atoms with Gasteiger partial charge in [0.2, 0.25) is 15.9 Å². The summed E-state index contributed by atoms with van der Waals surface area (Å²) in [5, 5.41) is 2.78. The summed E-state index contributed by atoms with van der Waals surface area (Å²) in [5.74, 6) is -0.122. The lowest BCUT2D eigenvalue weighted by Crippen LogP contribution is -2.30. The molecule has 1 aromatic heterocycles. The van der Waals surface area contributed by atoms with Gasteiger partial charge in [0.1, 0.15) is 0 Å². The van der Waals surface area contributed by atoms with Crippen molar-refractivity contribution in [1.29, 1.82) is 0 Å². The molecule has 7 heteroatoms. The highest BCUT2D eigenvalue weighted by molar-refractivity contribution is 7.89. The molecule has 1 amide bonds. The second kappa shape index (κ2) is 8.73. The number of aromatic nitrogens is 1. The van der Waals surface area contributed by atoms with Crippen LogP contribution in [0, 0.1) is 0 Å². The Morgan fingerprint density at radius 1 is 1.12 bits per heavy atom. The first-order chi connectivity index (χ1) is 12.0. The van der Waals surface area contributed by atoms with Gasteiger partial charge in [-0.15, -0.1) is 0 Å². The molecule has 6 nitrogen and oxygen atoms in total. The van der Waals surface area contributed by atoms with Crippen molar-refractivity contribution in [3.63, 3.8) is 0 Å². The third-order valence-corrected chi connectivity index (χ3v) is 5.91. The maximum Gasteiger partial charge on any atom is 0.243 e. The third kappa shape index (κ3) is 5.11. The van der Waals surface area contributed by atoms with E-state index in [1.807, 2.05) is 12.1 Å². The number of rotatable bonds is 8. The smallest absolute Gasteiger partial charge is 0.243 e. The third-order valence-electron chi connectivity index (χ3n) is 3.84. The number of hydrogen-bond acceptors (Lipinski definition) is 4. The molecule has 0 aliphatic carbocycles. The summed E-state index contributed by atoms with van der Waals surface area (Å²) in [6.45, 7) is 4.45. The molecule has 0 atom stereocenters. The van der Waals surface area contributed by atoms with Crippen LogP contribution in [0.1, 0.15) is 25.8 Å². The van der Waals surface area contributed by atoms with Crippen LogP contribution in [0.25, 0.3) is 0 Å². The molecule has 1 heterocycles. The van der Waals surface area contributed by atoms with Gasteiger partial charge < -0.3 is 5.32 Å². The number of amides is 1. The first kappa shape index (κ1) is 19.1. The van der Waals surface area contributed by atoms with E-state index in [1.165, 1.54) is 16.4 Å². The summed E-state index contributed by atoms with van der Waals surface area (Å²) in [6, 6.07) is 10.0. The van der Waals surface area contributed by atoms with E-state index in [2.05, 4.69) is 10.3 Å². The van der Waals surface area contributed by atoms with E-state index in [4.69, 9.17) is 0 Å². The van der Waals surface area contributed by atoms with Gasteiger partial charge >= 0.3 is 0 Å². The largest absolute Gasteiger partial charge is 0.326 e. The van der Waals surface area contributed by atoms with Crippen molar-refractivity contribution in [3.05, 3.63) is 54.4 Å². The fraction of sp³-hybridized carbons (Fsp3) is 0.333. The molecule has 0 saturated heterocycles. The maximum absolute atomic E-state index is 12.4. The lowest BCUT2D eigenvalue weighted by molar-refractivity contribution is -0.116. The van der Waals surface area contributed by atoms with Gasteiger partial charge in [-0.25, -0.2) is 8.42 Å².